The number of benzene rings is 3. The van der Waals surface area contributed by atoms with Gasteiger partial charge in [-0.2, -0.15) is 0 Å². The normalized spacial score (nSPS) is 14.1. The summed E-state index contributed by atoms with van der Waals surface area (Å²) in [7, 11) is 0. The second-order valence-electron chi connectivity index (χ2n) is 7.38. The van der Waals surface area contributed by atoms with Gasteiger partial charge in [0.2, 0.25) is 0 Å². The van der Waals surface area contributed by atoms with E-state index in [4.69, 9.17) is 4.99 Å². The van der Waals surface area contributed by atoms with Crippen LogP contribution in [-0.2, 0) is 6.42 Å². The van der Waals surface area contributed by atoms with E-state index in [2.05, 4.69) is 82.7 Å². The summed E-state index contributed by atoms with van der Waals surface area (Å²) in [5.74, 6) is 1.06. The summed E-state index contributed by atoms with van der Waals surface area (Å²) in [6, 6.07) is 27.7. The number of anilines is 2. The molecule has 0 radical (unpaired) electrons. The first-order valence-corrected chi connectivity index (χ1v) is 10.2. The molecule has 0 saturated carbocycles. The van der Waals surface area contributed by atoms with Crippen LogP contribution in [-0.4, -0.2) is 17.4 Å². The van der Waals surface area contributed by atoms with Gasteiger partial charge in [0.1, 0.15) is 5.84 Å². The quantitative estimate of drug-likeness (QED) is 0.377. The standard InChI is InChI=1S/C26H23N3/c1-2-13-22(14-3-1)29-24-16-7-12-21-11-6-15-23(25(21)24)26(29)28-18-5-4-9-20-10-8-17-27-19-20/h1-3,6-8,10-17,19H,4-5,9,18H2/b28-26-. The van der Waals surface area contributed by atoms with Gasteiger partial charge in [-0.05, 0) is 54.5 Å². The van der Waals surface area contributed by atoms with Crippen molar-refractivity contribution in [2.45, 2.75) is 19.3 Å². The number of unbranched alkanes of at least 4 members (excludes halogenated alkanes) is 1. The molecule has 0 saturated heterocycles. The van der Waals surface area contributed by atoms with Crippen molar-refractivity contribution in [3.05, 3.63) is 102 Å². The van der Waals surface area contributed by atoms with E-state index < -0.39 is 0 Å². The third-order valence-corrected chi connectivity index (χ3v) is 5.45. The number of aryl methyl sites for hydroxylation is 1. The molecule has 0 spiro atoms. The molecule has 5 rings (SSSR count). The number of pyridine rings is 1. The van der Waals surface area contributed by atoms with Gasteiger partial charge in [-0.15, -0.1) is 0 Å². The smallest absolute Gasteiger partial charge is 0.140 e. The minimum atomic E-state index is 0.823. The van der Waals surface area contributed by atoms with Gasteiger partial charge in [0, 0.05) is 35.6 Å². The highest BCUT2D eigenvalue weighted by atomic mass is 15.2. The van der Waals surface area contributed by atoms with Crippen molar-refractivity contribution in [3.8, 4) is 0 Å². The fourth-order valence-corrected chi connectivity index (χ4v) is 4.09. The zero-order valence-corrected chi connectivity index (χ0v) is 16.3. The summed E-state index contributed by atoms with van der Waals surface area (Å²) in [6.07, 6.45) is 7.01. The predicted octanol–water partition coefficient (Wildman–Crippen LogP) is 6.16. The molecule has 142 valence electrons. The van der Waals surface area contributed by atoms with Crippen molar-refractivity contribution in [1.82, 2.24) is 4.98 Å². The van der Waals surface area contributed by atoms with Crippen LogP contribution in [0.2, 0.25) is 0 Å². The van der Waals surface area contributed by atoms with Crippen molar-refractivity contribution in [2.75, 3.05) is 11.4 Å². The molecule has 0 unspecified atom stereocenters. The highest BCUT2D eigenvalue weighted by Crippen LogP contribution is 2.41. The van der Waals surface area contributed by atoms with Gasteiger partial charge in [-0.1, -0.05) is 54.6 Å². The van der Waals surface area contributed by atoms with E-state index in [1.807, 2.05) is 18.5 Å². The van der Waals surface area contributed by atoms with E-state index >= 15 is 0 Å². The molecular weight excluding hydrogens is 354 g/mol. The third-order valence-electron chi connectivity index (χ3n) is 5.45. The maximum absolute atomic E-state index is 5.08. The second-order valence-corrected chi connectivity index (χ2v) is 7.38. The average Bonchev–Trinajstić information content (AvgIpc) is 3.10. The summed E-state index contributed by atoms with van der Waals surface area (Å²) >= 11 is 0. The largest absolute Gasteiger partial charge is 0.294 e. The molecule has 1 aliphatic heterocycles. The van der Waals surface area contributed by atoms with Crippen LogP contribution in [0.5, 0.6) is 0 Å². The Morgan fingerprint density at radius 3 is 2.48 bits per heavy atom. The number of nitrogens with zero attached hydrogens (tertiary/aromatic N) is 3. The lowest BCUT2D eigenvalue weighted by Crippen LogP contribution is -2.22. The van der Waals surface area contributed by atoms with E-state index in [9.17, 15) is 0 Å². The van der Waals surface area contributed by atoms with E-state index in [0.29, 0.717) is 0 Å². The molecular formula is C26H23N3. The van der Waals surface area contributed by atoms with E-state index in [0.717, 1.165) is 37.3 Å². The average molecular weight is 377 g/mol. The number of aliphatic imine (C=N–C) groups is 1. The van der Waals surface area contributed by atoms with Crippen LogP contribution in [0.25, 0.3) is 10.8 Å². The Hall–Kier alpha value is -3.46. The zero-order valence-electron chi connectivity index (χ0n) is 16.3. The van der Waals surface area contributed by atoms with Gasteiger partial charge in [0.05, 0.1) is 5.69 Å². The van der Waals surface area contributed by atoms with Crippen molar-refractivity contribution >= 4 is 28.0 Å². The summed E-state index contributed by atoms with van der Waals surface area (Å²) < 4.78 is 0. The third kappa shape index (κ3) is 3.40. The summed E-state index contributed by atoms with van der Waals surface area (Å²) in [4.78, 5) is 11.6. The molecule has 3 nitrogen and oxygen atoms in total. The minimum Gasteiger partial charge on any atom is -0.294 e. The van der Waals surface area contributed by atoms with Crippen LogP contribution >= 0.6 is 0 Å². The Morgan fingerprint density at radius 1 is 0.793 bits per heavy atom. The highest BCUT2D eigenvalue weighted by molar-refractivity contribution is 6.29. The van der Waals surface area contributed by atoms with E-state index in [1.54, 1.807) is 0 Å². The van der Waals surface area contributed by atoms with Crippen LogP contribution in [0.4, 0.5) is 11.4 Å². The topological polar surface area (TPSA) is 28.5 Å². The van der Waals surface area contributed by atoms with Gasteiger partial charge in [0.25, 0.3) is 0 Å². The molecule has 3 aromatic carbocycles. The number of amidine groups is 1. The Labute approximate surface area is 171 Å². The Kier molecular flexibility index (Phi) is 4.79. The Morgan fingerprint density at radius 2 is 1.66 bits per heavy atom. The Balaban J connectivity index is 1.42. The van der Waals surface area contributed by atoms with Gasteiger partial charge in [-0.3, -0.25) is 14.9 Å². The number of aromatic nitrogens is 1. The maximum Gasteiger partial charge on any atom is 0.140 e. The number of rotatable bonds is 6. The molecule has 0 bridgehead atoms. The fraction of sp³-hybridized carbons (Fsp3) is 0.154. The molecule has 2 heterocycles. The minimum absolute atomic E-state index is 0.823. The van der Waals surface area contributed by atoms with Crippen LogP contribution in [0.15, 0.2) is 96.2 Å². The molecule has 1 aliphatic rings. The van der Waals surface area contributed by atoms with E-state index in [1.165, 1.54) is 27.6 Å². The van der Waals surface area contributed by atoms with Gasteiger partial charge in [0.15, 0.2) is 0 Å². The Bertz CT molecular complexity index is 1150. The van der Waals surface area contributed by atoms with Gasteiger partial charge in [-0.25, -0.2) is 0 Å². The molecule has 4 aromatic rings. The maximum atomic E-state index is 5.08. The van der Waals surface area contributed by atoms with Crippen molar-refractivity contribution < 1.29 is 0 Å². The van der Waals surface area contributed by atoms with Gasteiger partial charge < -0.3 is 0 Å². The zero-order chi connectivity index (χ0) is 19.5. The monoisotopic (exact) mass is 377 g/mol. The lowest BCUT2D eigenvalue weighted by atomic mass is 10.1. The molecule has 0 amide bonds. The fourth-order valence-electron chi connectivity index (χ4n) is 4.09. The predicted molar refractivity (Wildman–Crippen MR) is 121 cm³/mol. The number of hydrogen-bond acceptors (Lipinski definition) is 2. The van der Waals surface area contributed by atoms with Crippen molar-refractivity contribution in [1.29, 1.82) is 0 Å². The molecule has 29 heavy (non-hydrogen) atoms. The summed E-state index contributed by atoms with van der Waals surface area (Å²) in [5, 5.41) is 2.57. The lowest BCUT2D eigenvalue weighted by molar-refractivity contribution is 0.743. The molecule has 0 fully saturated rings. The first-order valence-electron chi connectivity index (χ1n) is 10.2. The van der Waals surface area contributed by atoms with Crippen LogP contribution in [0.1, 0.15) is 24.0 Å². The van der Waals surface area contributed by atoms with Crippen molar-refractivity contribution in [3.63, 3.8) is 0 Å². The molecule has 0 aliphatic carbocycles. The van der Waals surface area contributed by atoms with Crippen molar-refractivity contribution in [2.24, 2.45) is 4.99 Å². The first-order chi connectivity index (χ1) is 14.4. The lowest BCUT2D eigenvalue weighted by Gasteiger charge is -2.21. The van der Waals surface area contributed by atoms with Gasteiger partial charge >= 0.3 is 0 Å². The van der Waals surface area contributed by atoms with Crippen LogP contribution in [0.3, 0.4) is 0 Å². The SMILES string of the molecule is c1ccc(N2/C(=N\CCCCc3cccnc3)c3cccc4cccc2c34)cc1. The summed E-state index contributed by atoms with van der Waals surface area (Å²) in [5.41, 5.74) is 4.90. The number of hydrogen-bond donors (Lipinski definition) is 0. The van der Waals surface area contributed by atoms with Crippen LogP contribution < -0.4 is 4.90 Å². The second kappa shape index (κ2) is 7.88. The number of para-hydroxylation sites is 1. The highest BCUT2D eigenvalue weighted by Gasteiger charge is 2.28. The molecule has 0 N–H and O–H groups in total. The molecule has 3 heteroatoms. The van der Waals surface area contributed by atoms with Crippen LogP contribution in [0, 0.1) is 0 Å². The summed E-state index contributed by atoms with van der Waals surface area (Å²) in [6.45, 7) is 0.823. The molecule has 1 aromatic heterocycles. The first kappa shape index (κ1) is 17.6. The van der Waals surface area contributed by atoms with E-state index in [-0.39, 0.29) is 0 Å². The molecule has 0 atom stereocenters.